The van der Waals surface area contributed by atoms with Crippen molar-refractivity contribution in [1.29, 1.82) is 0 Å². The van der Waals surface area contributed by atoms with Gasteiger partial charge in [0, 0.05) is 25.1 Å². The molecule has 2 aromatic heterocycles. The van der Waals surface area contributed by atoms with Crippen molar-refractivity contribution in [2.45, 2.75) is 40.2 Å². The summed E-state index contributed by atoms with van der Waals surface area (Å²) in [6.45, 7) is 7.00. The minimum atomic E-state index is -0.414. The van der Waals surface area contributed by atoms with Crippen LogP contribution in [0.15, 0.2) is 57.8 Å². The molecule has 2 N–H and O–H groups in total. The van der Waals surface area contributed by atoms with Crippen LogP contribution in [0.3, 0.4) is 0 Å². The first-order valence-electron chi connectivity index (χ1n) is 12.4. The van der Waals surface area contributed by atoms with E-state index in [1.807, 2.05) is 37.3 Å². The van der Waals surface area contributed by atoms with Gasteiger partial charge in [0.25, 0.3) is 17.2 Å². The Morgan fingerprint density at radius 2 is 1.95 bits per heavy atom. The molecule has 2 aromatic carbocycles. The minimum Gasteiger partial charge on any atom is -0.338 e. The van der Waals surface area contributed by atoms with Crippen LogP contribution in [0.5, 0.6) is 0 Å². The number of carbonyl (C=O) groups excluding carboxylic acids is 1. The zero-order chi connectivity index (χ0) is 26.5. The van der Waals surface area contributed by atoms with Crippen LogP contribution in [0.25, 0.3) is 11.1 Å². The van der Waals surface area contributed by atoms with Crippen molar-refractivity contribution in [1.82, 2.24) is 19.6 Å². The molecule has 2 heterocycles. The van der Waals surface area contributed by atoms with Crippen LogP contribution in [0.4, 0.5) is 4.39 Å². The molecular weight excluding hydrogens is 473 g/mol. The van der Waals surface area contributed by atoms with E-state index in [4.69, 9.17) is 10.3 Å². The van der Waals surface area contributed by atoms with Crippen LogP contribution < -0.4 is 11.3 Å². The van der Waals surface area contributed by atoms with Crippen molar-refractivity contribution in [3.8, 4) is 0 Å². The van der Waals surface area contributed by atoms with Gasteiger partial charge in [-0.2, -0.15) is 4.98 Å². The Morgan fingerprint density at radius 1 is 1.19 bits per heavy atom. The number of fused-ring (bicyclic) bond motifs is 1. The zero-order valence-corrected chi connectivity index (χ0v) is 21.4. The van der Waals surface area contributed by atoms with E-state index in [1.54, 1.807) is 35.4 Å². The maximum absolute atomic E-state index is 14.2. The van der Waals surface area contributed by atoms with Crippen molar-refractivity contribution in [3.05, 3.63) is 92.9 Å². The summed E-state index contributed by atoms with van der Waals surface area (Å²) in [5, 5.41) is 4.30. The third kappa shape index (κ3) is 5.94. The van der Waals surface area contributed by atoms with Gasteiger partial charge in [-0.05, 0) is 56.0 Å². The lowest BCUT2D eigenvalue weighted by Gasteiger charge is -2.26. The summed E-state index contributed by atoms with van der Waals surface area (Å²) in [5.74, 6) is -0.178. The number of rotatable bonds is 10. The normalized spacial score (nSPS) is 12.1. The highest BCUT2D eigenvalue weighted by Gasteiger charge is 2.22. The Balaban J connectivity index is 1.62. The van der Waals surface area contributed by atoms with Crippen molar-refractivity contribution in [2.24, 2.45) is 11.7 Å². The number of aryl methyl sites for hydroxylation is 2. The SMILES string of the molecule is Cc1ccc(C(=O)N(CCCN)CC(C)Cc2nc3onc(C)c3c(=O)n2Cc2ccccc2)cc1F. The van der Waals surface area contributed by atoms with Crippen LogP contribution >= 0.6 is 0 Å². The first-order chi connectivity index (χ1) is 17.8. The molecule has 0 aliphatic carbocycles. The molecule has 0 bridgehead atoms. The van der Waals surface area contributed by atoms with Crippen LogP contribution in [0, 0.1) is 25.6 Å². The lowest BCUT2D eigenvalue weighted by atomic mass is 10.0. The average Bonchev–Trinajstić information content (AvgIpc) is 3.26. The topological polar surface area (TPSA) is 107 Å². The van der Waals surface area contributed by atoms with Gasteiger partial charge in [-0.3, -0.25) is 14.2 Å². The standard InChI is InChI=1S/C28H32FN5O3/c1-18(16-33(13-7-12-30)27(35)22-11-10-19(2)23(29)15-22)14-24-31-26-25(20(3)32-37-26)28(36)34(24)17-21-8-5-4-6-9-21/h4-6,8-11,15,18H,7,12-14,16-17,30H2,1-3H3. The number of nitrogens with zero attached hydrogens (tertiary/aromatic N) is 4. The molecular formula is C28H32FN5O3. The summed E-state index contributed by atoms with van der Waals surface area (Å²) in [6.07, 6.45) is 1.04. The molecule has 1 amide bonds. The average molecular weight is 506 g/mol. The van der Waals surface area contributed by atoms with E-state index in [9.17, 15) is 14.0 Å². The lowest BCUT2D eigenvalue weighted by Crippen LogP contribution is -2.37. The van der Waals surface area contributed by atoms with E-state index < -0.39 is 5.82 Å². The molecule has 4 aromatic rings. The second kappa shape index (κ2) is 11.5. The molecule has 9 heteroatoms. The summed E-state index contributed by atoms with van der Waals surface area (Å²) >= 11 is 0. The number of carbonyl (C=O) groups is 1. The summed E-state index contributed by atoms with van der Waals surface area (Å²) in [4.78, 5) is 33.0. The second-order valence-corrected chi connectivity index (χ2v) is 9.52. The van der Waals surface area contributed by atoms with Gasteiger partial charge < -0.3 is 15.2 Å². The zero-order valence-electron chi connectivity index (χ0n) is 21.4. The van der Waals surface area contributed by atoms with Gasteiger partial charge in [0.2, 0.25) is 0 Å². The van der Waals surface area contributed by atoms with Gasteiger partial charge in [0.1, 0.15) is 17.0 Å². The second-order valence-electron chi connectivity index (χ2n) is 9.52. The molecule has 8 nitrogen and oxygen atoms in total. The number of hydrogen-bond acceptors (Lipinski definition) is 6. The fourth-order valence-electron chi connectivity index (χ4n) is 4.41. The molecule has 4 rings (SSSR count). The summed E-state index contributed by atoms with van der Waals surface area (Å²) in [7, 11) is 0. The molecule has 1 atom stereocenters. The number of amides is 1. The first-order valence-corrected chi connectivity index (χ1v) is 12.4. The quantitative estimate of drug-likeness (QED) is 0.351. The van der Waals surface area contributed by atoms with Gasteiger partial charge in [-0.25, -0.2) is 4.39 Å². The first kappa shape index (κ1) is 26.2. The third-order valence-electron chi connectivity index (χ3n) is 6.43. The Labute approximate surface area is 214 Å². The molecule has 0 radical (unpaired) electrons. The lowest BCUT2D eigenvalue weighted by molar-refractivity contribution is 0.0729. The maximum Gasteiger partial charge on any atom is 0.267 e. The van der Waals surface area contributed by atoms with Crippen molar-refractivity contribution in [2.75, 3.05) is 19.6 Å². The van der Waals surface area contributed by atoms with E-state index in [2.05, 4.69) is 10.1 Å². The Morgan fingerprint density at radius 3 is 2.65 bits per heavy atom. The number of benzene rings is 2. The Hall–Kier alpha value is -3.85. The number of halogens is 1. The van der Waals surface area contributed by atoms with Gasteiger partial charge in [0.05, 0.1) is 12.2 Å². The smallest absolute Gasteiger partial charge is 0.267 e. The van der Waals surface area contributed by atoms with E-state index in [0.29, 0.717) is 67.1 Å². The molecule has 0 saturated carbocycles. The number of aromatic nitrogens is 3. The van der Waals surface area contributed by atoms with E-state index in [0.717, 1.165) is 5.56 Å². The van der Waals surface area contributed by atoms with Gasteiger partial charge in [0.15, 0.2) is 0 Å². The van der Waals surface area contributed by atoms with Crippen molar-refractivity contribution < 1.29 is 13.7 Å². The Kier molecular flexibility index (Phi) is 8.13. The largest absolute Gasteiger partial charge is 0.338 e. The molecule has 194 valence electrons. The highest BCUT2D eigenvalue weighted by atomic mass is 19.1. The maximum atomic E-state index is 14.2. The molecule has 0 fully saturated rings. The number of hydrogen-bond donors (Lipinski definition) is 1. The molecule has 1 unspecified atom stereocenters. The fraction of sp³-hybridized carbons (Fsp3) is 0.357. The predicted octanol–water partition coefficient (Wildman–Crippen LogP) is 3.86. The minimum absolute atomic E-state index is 0.0626. The van der Waals surface area contributed by atoms with Crippen LogP contribution in [0.1, 0.15) is 46.3 Å². The summed E-state index contributed by atoms with van der Waals surface area (Å²) in [6, 6.07) is 14.2. The third-order valence-corrected chi connectivity index (χ3v) is 6.43. The Bertz CT molecular complexity index is 1450. The molecule has 37 heavy (non-hydrogen) atoms. The molecule has 0 aliphatic heterocycles. The van der Waals surface area contributed by atoms with E-state index >= 15 is 0 Å². The summed E-state index contributed by atoms with van der Waals surface area (Å²) in [5.41, 5.74) is 7.96. The van der Waals surface area contributed by atoms with E-state index in [1.165, 1.54) is 6.07 Å². The van der Waals surface area contributed by atoms with Crippen LogP contribution in [-0.2, 0) is 13.0 Å². The number of nitrogens with two attached hydrogens (primary N) is 1. The predicted molar refractivity (Wildman–Crippen MR) is 140 cm³/mol. The summed E-state index contributed by atoms with van der Waals surface area (Å²) < 4.78 is 21.1. The highest BCUT2D eigenvalue weighted by Crippen LogP contribution is 2.18. The van der Waals surface area contributed by atoms with Crippen molar-refractivity contribution >= 4 is 17.0 Å². The van der Waals surface area contributed by atoms with Crippen LogP contribution in [0.2, 0.25) is 0 Å². The van der Waals surface area contributed by atoms with E-state index in [-0.39, 0.29) is 23.1 Å². The molecule has 0 aliphatic rings. The van der Waals surface area contributed by atoms with Gasteiger partial charge in [-0.15, -0.1) is 0 Å². The van der Waals surface area contributed by atoms with Gasteiger partial charge in [-0.1, -0.05) is 48.5 Å². The van der Waals surface area contributed by atoms with Gasteiger partial charge >= 0.3 is 0 Å². The highest BCUT2D eigenvalue weighted by molar-refractivity contribution is 5.94. The monoisotopic (exact) mass is 505 g/mol. The molecule has 0 saturated heterocycles. The molecule has 0 spiro atoms. The fourth-order valence-corrected chi connectivity index (χ4v) is 4.41. The van der Waals surface area contributed by atoms with Crippen LogP contribution in [-0.4, -0.2) is 45.1 Å². The van der Waals surface area contributed by atoms with Crippen molar-refractivity contribution in [3.63, 3.8) is 0 Å².